The molecule has 1 atom stereocenters. The lowest BCUT2D eigenvalue weighted by atomic mass is 9.87. The Kier molecular flexibility index (Phi) is 4.41. The summed E-state index contributed by atoms with van der Waals surface area (Å²) in [7, 11) is 1.74. The summed E-state index contributed by atoms with van der Waals surface area (Å²) in [5, 5.41) is 3.72. The first-order valence-corrected chi connectivity index (χ1v) is 6.92. The van der Waals surface area contributed by atoms with E-state index in [4.69, 9.17) is 4.74 Å². The predicted molar refractivity (Wildman–Crippen MR) is 75.4 cm³/mol. The zero-order valence-electron chi connectivity index (χ0n) is 11.8. The fraction of sp³-hybridized carbons (Fsp3) is 0.625. The molecule has 1 aromatic carbocycles. The molecule has 18 heavy (non-hydrogen) atoms. The largest absolute Gasteiger partial charge is 0.380 e. The Hall–Kier alpha value is -0.860. The van der Waals surface area contributed by atoms with Crippen molar-refractivity contribution >= 4 is 0 Å². The van der Waals surface area contributed by atoms with Crippen molar-refractivity contribution in [2.75, 3.05) is 7.11 Å². The summed E-state index contributed by atoms with van der Waals surface area (Å²) in [5.41, 5.74) is 3.05. The van der Waals surface area contributed by atoms with Gasteiger partial charge in [-0.05, 0) is 29.4 Å². The van der Waals surface area contributed by atoms with Gasteiger partial charge in [0.25, 0.3) is 0 Å². The topological polar surface area (TPSA) is 21.3 Å². The van der Waals surface area contributed by atoms with E-state index in [1.54, 1.807) is 7.11 Å². The fourth-order valence-electron chi connectivity index (χ4n) is 2.94. The highest BCUT2D eigenvalue weighted by Crippen LogP contribution is 2.37. The first-order valence-electron chi connectivity index (χ1n) is 6.92. The van der Waals surface area contributed by atoms with Crippen molar-refractivity contribution in [3.05, 3.63) is 35.4 Å². The second kappa shape index (κ2) is 5.85. The molecule has 1 aromatic rings. The lowest BCUT2D eigenvalue weighted by Crippen LogP contribution is -2.37. The van der Waals surface area contributed by atoms with Gasteiger partial charge in [-0.2, -0.15) is 0 Å². The summed E-state index contributed by atoms with van der Waals surface area (Å²) in [4.78, 5) is 0. The van der Waals surface area contributed by atoms with E-state index in [0.29, 0.717) is 18.1 Å². The quantitative estimate of drug-likeness (QED) is 0.860. The third-order valence-corrected chi connectivity index (χ3v) is 4.11. The van der Waals surface area contributed by atoms with Gasteiger partial charge in [0, 0.05) is 19.7 Å². The van der Waals surface area contributed by atoms with Crippen LogP contribution in [0, 0.1) is 5.41 Å². The molecule has 0 aromatic heterocycles. The van der Waals surface area contributed by atoms with E-state index < -0.39 is 0 Å². The molecule has 0 bridgehead atoms. The zero-order valence-corrected chi connectivity index (χ0v) is 11.8. The molecule has 0 heterocycles. The minimum Gasteiger partial charge on any atom is -0.380 e. The van der Waals surface area contributed by atoms with Gasteiger partial charge >= 0.3 is 0 Å². The highest BCUT2D eigenvalue weighted by Gasteiger charge is 2.33. The average Bonchev–Trinajstić information content (AvgIpc) is 2.67. The van der Waals surface area contributed by atoms with Crippen LogP contribution in [0.15, 0.2) is 24.3 Å². The van der Waals surface area contributed by atoms with E-state index in [1.807, 2.05) is 0 Å². The SMILES string of the molecule is COCc1cccc(CNC2CCCC2(C)C)c1. The fourth-order valence-corrected chi connectivity index (χ4v) is 2.94. The van der Waals surface area contributed by atoms with E-state index in [0.717, 1.165) is 6.54 Å². The van der Waals surface area contributed by atoms with E-state index >= 15 is 0 Å². The van der Waals surface area contributed by atoms with Gasteiger partial charge in [0.2, 0.25) is 0 Å². The van der Waals surface area contributed by atoms with Crippen LogP contribution in [0.25, 0.3) is 0 Å². The van der Waals surface area contributed by atoms with Crippen molar-refractivity contribution < 1.29 is 4.74 Å². The molecule has 2 rings (SSSR count). The van der Waals surface area contributed by atoms with Gasteiger partial charge < -0.3 is 10.1 Å². The van der Waals surface area contributed by atoms with Gasteiger partial charge in [0.15, 0.2) is 0 Å². The first-order chi connectivity index (χ1) is 8.62. The summed E-state index contributed by atoms with van der Waals surface area (Å²) in [6, 6.07) is 9.31. The summed E-state index contributed by atoms with van der Waals surface area (Å²) in [5.74, 6) is 0. The summed E-state index contributed by atoms with van der Waals surface area (Å²) < 4.78 is 5.17. The van der Waals surface area contributed by atoms with Gasteiger partial charge in [-0.3, -0.25) is 0 Å². The van der Waals surface area contributed by atoms with E-state index in [1.165, 1.54) is 30.4 Å². The molecule has 0 radical (unpaired) electrons. The minimum atomic E-state index is 0.449. The highest BCUT2D eigenvalue weighted by molar-refractivity contribution is 5.23. The van der Waals surface area contributed by atoms with Crippen LogP contribution >= 0.6 is 0 Å². The second-order valence-corrected chi connectivity index (χ2v) is 6.07. The van der Waals surface area contributed by atoms with Crippen LogP contribution in [-0.4, -0.2) is 13.2 Å². The molecule has 1 saturated carbocycles. The average molecular weight is 247 g/mol. The Morgan fingerprint density at radius 2 is 2.11 bits per heavy atom. The van der Waals surface area contributed by atoms with Gasteiger partial charge in [-0.25, -0.2) is 0 Å². The first kappa shape index (κ1) is 13.6. The van der Waals surface area contributed by atoms with Crippen LogP contribution in [0.5, 0.6) is 0 Å². The van der Waals surface area contributed by atoms with Crippen LogP contribution in [0.2, 0.25) is 0 Å². The standard InChI is InChI=1S/C16H25NO/c1-16(2)9-5-8-15(16)17-11-13-6-4-7-14(10-13)12-18-3/h4,6-7,10,15,17H,5,8-9,11-12H2,1-3H3. The second-order valence-electron chi connectivity index (χ2n) is 6.07. The van der Waals surface area contributed by atoms with Crippen molar-refractivity contribution in [1.82, 2.24) is 5.32 Å². The lowest BCUT2D eigenvalue weighted by Gasteiger charge is -2.28. The predicted octanol–water partition coefficient (Wildman–Crippen LogP) is 3.50. The molecule has 0 aliphatic heterocycles. The zero-order chi connectivity index (χ0) is 13.0. The molecule has 100 valence electrons. The normalized spacial score (nSPS) is 22.3. The number of rotatable bonds is 5. The molecule has 1 aliphatic rings. The van der Waals surface area contributed by atoms with Gasteiger partial charge in [0.1, 0.15) is 0 Å². The van der Waals surface area contributed by atoms with Crippen molar-refractivity contribution in [3.63, 3.8) is 0 Å². The molecular weight excluding hydrogens is 222 g/mol. The monoisotopic (exact) mass is 247 g/mol. The number of benzene rings is 1. The maximum atomic E-state index is 5.17. The number of hydrogen-bond donors (Lipinski definition) is 1. The third-order valence-electron chi connectivity index (χ3n) is 4.11. The molecule has 2 heteroatoms. The minimum absolute atomic E-state index is 0.449. The third kappa shape index (κ3) is 3.33. The summed E-state index contributed by atoms with van der Waals surface area (Å²) in [6.07, 6.45) is 4.01. The van der Waals surface area contributed by atoms with Crippen LogP contribution in [-0.2, 0) is 17.9 Å². The number of methoxy groups -OCH3 is 1. The smallest absolute Gasteiger partial charge is 0.0713 e. The molecule has 0 spiro atoms. The van der Waals surface area contributed by atoms with Crippen molar-refractivity contribution in [2.45, 2.75) is 52.3 Å². The van der Waals surface area contributed by atoms with Gasteiger partial charge in [-0.15, -0.1) is 0 Å². The molecule has 0 saturated heterocycles. The highest BCUT2D eigenvalue weighted by atomic mass is 16.5. The number of nitrogens with one attached hydrogen (secondary N) is 1. The van der Waals surface area contributed by atoms with E-state index in [2.05, 4.69) is 43.4 Å². The number of hydrogen-bond acceptors (Lipinski definition) is 2. The molecule has 1 fully saturated rings. The van der Waals surface area contributed by atoms with E-state index in [9.17, 15) is 0 Å². The Morgan fingerprint density at radius 3 is 2.78 bits per heavy atom. The lowest BCUT2D eigenvalue weighted by molar-refractivity contribution is 0.185. The number of ether oxygens (including phenoxy) is 1. The van der Waals surface area contributed by atoms with Crippen LogP contribution in [0.1, 0.15) is 44.2 Å². The van der Waals surface area contributed by atoms with Crippen LogP contribution in [0.3, 0.4) is 0 Å². The molecule has 0 amide bonds. The Labute approximate surface area is 111 Å². The molecule has 2 nitrogen and oxygen atoms in total. The maximum absolute atomic E-state index is 5.17. The summed E-state index contributed by atoms with van der Waals surface area (Å²) >= 11 is 0. The Morgan fingerprint density at radius 1 is 1.33 bits per heavy atom. The summed E-state index contributed by atoms with van der Waals surface area (Å²) in [6.45, 7) is 6.41. The van der Waals surface area contributed by atoms with Crippen molar-refractivity contribution in [3.8, 4) is 0 Å². The van der Waals surface area contributed by atoms with E-state index in [-0.39, 0.29) is 0 Å². The Balaban J connectivity index is 1.91. The van der Waals surface area contributed by atoms with Gasteiger partial charge in [0.05, 0.1) is 6.61 Å². The molecule has 1 unspecified atom stereocenters. The maximum Gasteiger partial charge on any atom is 0.0713 e. The molecular formula is C16H25NO. The van der Waals surface area contributed by atoms with Crippen molar-refractivity contribution in [1.29, 1.82) is 0 Å². The van der Waals surface area contributed by atoms with Crippen LogP contribution in [0.4, 0.5) is 0 Å². The van der Waals surface area contributed by atoms with Gasteiger partial charge in [-0.1, -0.05) is 44.5 Å². The molecule has 1 N–H and O–H groups in total. The van der Waals surface area contributed by atoms with Crippen LogP contribution < -0.4 is 5.32 Å². The Bertz CT molecular complexity index is 386. The van der Waals surface area contributed by atoms with Crippen molar-refractivity contribution in [2.24, 2.45) is 5.41 Å². The molecule has 1 aliphatic carbocycles.